The lowest BCUT2D eigenvalue weighted by atomic mass is 10.1. The number of benzene rings is 1. The van der Waals surface area contributed by atoms with Crippen LogP contribution in [0, 0.1) is 0 Å². The molecule has 1 unspecified atom stereocenters. The average Bonchev–Trinajstić information content (AvgIpc) is 3.14. The first-order valence-corrected chi connectivity index (χ1v) is 8.61. The van der Waals surface area contributed by atoms with E-state index in [4.69, 9.17) is 0 Å². The number of likely N-dealkylation sites (N-methyl/N-ethyl adjacent to an activating group) is 1. The van der Waals surface area contributed by atoms with E-state index in [1.807, 2.05) is 43.5 Å². The maximum absolute atomic E-state index is 12.3. The Morgan fingerprint density at radius 2 is 2.11 bits per heavy atom. The van der Waals surface area contributed by atoms with Crippen molar-refractivity contribution in [3.8, 4) is 5.69 Å². The summed E-state index contributed by atoms with van der Waals surface area (Å²) >= 11 is 0. The first-order chi connectivity index (χ1) is 12.8. The second kappa shape index (κ2) is 9.40. The number of guanidine groups is 1. The third-order valence-electron chi connectivity index (χ3n) is 3.95. The maximum atomic E-state index is 12.3. The van der Waals surface area contributed by atoms with Crippen molar-refractivity contribution < 1.29 is 13.2 Å². The van der Waals surface area contributed by atoms with Gasteiger partial charge in [0.2, 0.25) is 0 Å². The van der Waals surface area contributed by atoms with Crippen LogP contribution in [-0.4, -0.2) is 60.5 Å². The molecule has 2 aromatic rings. The SMILES string of the molecule is CN=C(NCCN(C)CC(F)(F)F)NC(C)c1cccc(-n2cccn2)c1. The molecule has 0 spiro atoms. The Morgan fingerprint density at radius 3 is 2.74 bits per heavy atom. The molecule has 0 radical (unpaired) electrons. The van der Waals surface area contributed by atoms with Gasteiger partial charge < -0.3 is 10.6 Å². The summed E-state index contributed by atoms with van der Waals surface area (Å²) < 4.78 is 38.8. The van der Waals surface area contributed by atoms with E-state index in [-0.39, 0.29) is 12.6 Å². The minimum absolute atomic E-state index is 0.0420. The van der Waals surface area contributed by atoms with Gasteiger partial charge in [-0.3, -0.25) is 9.89 Å². The van der Waals surface area contributed by atoms with Gasteiger partial charge >= 0.3 is 6.18 Å². The molecule has 2 rings (SSSR count). The van der Waals surface area contributed by atoms with Gasteiger partial charge in [-0.05, 0) is 37.7 Å². The molecule has 27 heavy (non-hydrogen) atoms. The first kappa shape index (κ1) is 20.8. The molecule has 0 bridgehead atoms. The zero-order valence-electron chi connectivity index (χ0n) is 15.7. The molecule has 0 amide bonds. The van der Waals surface area contributed by atoms with Crippen LogP contribution in [0.1, 0.15) is 18.5 Å². The summed E-state index contributed by atoms with van der Waals surface area (Å²) in [6, 6.07) is 9.75. The van der Waals surface area contributed by atoms with Gasteiger partial charge in [-0.1, -0.05) is 12.1 Å². The standard InChI is InChI=1S/C18H25F3N6/c1-14(15-6-4-7-16(12-15)27-10-5-8-24-27)25-17(22-2)23-9-11-26(3)13-18(19,20)21/h4-8,10,12,14H,9,11,13H2,1-3H3,(H2,22,23,25). The summed E-state index contributed by atoms with van der Waals surface area (Å²) in [6.45, 7) is 1.66. The van der Waals surface area contributed by atoms with Crippen LogP contribution in [0.2, 0.25) is 0 Å². The molecule has 1 atom stereocenters. The molecule has 0 aliphatic rings. The van der Waals surface area contributed by atoms with Crippen molar-refractivity contribution >= 4 is 5.96 Å². The number of aromatic nitrogens is 2. The van der Waals surface area contributed by atoms with Crippen molar-refractivity contribution in [2.75, 3.05) is 33.7 Å². The molecule has 1 heterocycles. The predicted octanol–water partition coefficient (Wildman–Crippen LogP) is 2.59. The molecule has 1 aromatic carbocycles. The molecule has 0 aliphatic carbocycles. The van der Waals surface area contributed by atoms with E-state index in [1.165, 1.54) is 11.9 Å². The van der Waals surface area contributed by atoms with Crippen LogP contribution in [0.3, 0.4) is 0 Å². The molecule has 2 N–H and O–H groups in total. The fraction of sp³-hybridized carbons (Fsp3) is 0.444. The number of hydrogen-bond acceptors (Lipinski definition) is 3. The van der Waals surface area contributed by atoms with Gasteiger partial charge in [0.15, 0.2) is 5.96 Å². The van der Waals surface area contributed by atoms with Crippen molar-refractivity contribution in [3.63, 3.8) is 0 Å². The van der Waals surface area contributed by atoms with Crippen LogP contribution in [0.4, 0.5) is 13.2 Å². The van der Waals surface area contributed by atoms with Crippen LogP contribution >= 0.6 is 0 Å². The van der Waals surface area contributed by atoms with Crippen molar-refractivity contribution in [2.45, 2.75) is 19.1 Å². The third-order valence-corrected chi connectivity index (χ3v) is 3.95. The van der Waals surface area contributed by atoms with Gasteiger partial charge in [-0.2, -0.15) is 18.3 Å². The molecule has 9 heteroatoms. The predicted molar refractivity (Wildman–Crippen MR) is 100 cm³/mol. The molecule has 0 saturated heterocycles. The van der Waals surface area contributed by atoms with E-state index >= 15 is 0 Å². The van der Waals surface area contributed by atoms with Crippen LogP contribution in [0.5, 0.6) is 0 Å². The van der Waals surface area contributed by atoms with Gasteiger partial charge in [0.25, 0.3) is 0 Å². The van der Waals surface area contributed by atoms with Crippen LogP contribution < -0.4 is 10.6 Å². The summed E-state index contributed by atoms with van der Waals surface area (Å²) in [7, 11) is 3.07. The van der Waals surface area contributed by atoms with Crippen molar-refractivity contribution in [2.24, 2.45) is 4.99 Å². The summed E-state index contributed by atoms with van der Waals surface area (Å²) in [4.78, 5) is 5.35. The normalized spacial score (nSPS) is 13.7. The smallest absolute Gasteiger partial charge is 0.355 e. The summed E-state index contributed by atoms with van der Waals surface area (Å²) in [5.74, 6) is 0.535. The number of alkyl halides is 3. The van der Waals surface area contributed by atoms with Gasteiger partial charge in [-0.15, -0.1) is 0 Å². The maximum Gasteiger partial charge on any atom is 0.401 e. The lowest BCUT2D eigenvalue weighted by molar-refractivity contribution is -0.142. The molecular weight excluding hydrogens is 357 g/mol. The topological polar surface area (TPSA) is 57.5 Å². The Labute approximate surface area is 157 Å². The van der Waals surface area contributed by atoms with Crippen LogP contribution in [-0.2, 0) is 0 Å². The van der Waals surface area contributed by atoms with Crippen molar-refractivity contribution in [3.05, 3.63) is 48.3 Å². The minimum Gasteiger partial charge on any atom is -0.355 e. The minimum atomic E-state index is -4.19. The average molecular weight is 382 g/mol. The summed E-state index contributed by atoms with van der Waals surface area (Å²) in [5.41, 5.74) is 1.99. The Balaban J connectivity index is 1.88. The lowest BCUT2D eigenvalue weighted by Crippen LogP contribution is -2.43. The number of hydrogen-bond donors (Lipinski definition) is 2. The highest BCUT2D eigenvalue weighted by Gasteiger charge is 2.28. The lowest BCUT2D eigenvalue weighted by Gasteiger charge is -2.21. The Kier molecular flexibility index (Phi) is 7.23. The molecule has 0 fully saturated rings. The summed E-state index contributed by atoms with van der Waals surface area (Å²) in [5, 5.41) is 10.5. The number of halogens is 3. The highest BCUT2D eigenvalue weighted by molar-refractivity contribution is 5.80. The Bertz CT molecular complexity index is 727. The molecule has 0 saturated carbocycles. The number of nitrogens with zero attached hydrogens (tertiary/aromatic N) is 4. The van der Waals surface area contributed by atoms with Gasteiger partial charge in [0.1, 0.15) is 0 Å². The highest BCUT2D eigenvalue weighted by atomic mass is 19.4. The number of rotatable bonds is 7. The Morgan fingerprint density at radius 1 is 1.33 bits per heavy atom. The van der Waals surface area contributed by atoms with Crippen LogP contribution in [0.15, 0.2) is 47.7 Å². The van der Waals surface area contributed by atoms with Gasteiger partial charge in [0, 0.05) is 32.5 Å². The second-order valence-electron chi connectivity index (χ2n) is 6.26. The van der Waals surface area contributed by atoms with Crippen molar-refractivity contribution in [1.29, 1.82) is 0 Å². The van der Waals surface area contributed by atoms with E-state index in [1.54, 1.807) is 17.9 Å². The van der Waals surface area contributed by atoms with Gasteiger partial charge in [0.05, 0.1) is 18.3 Å². The van der Waals surface area contributed by atoms with Crippen LogP contribution in [0.25, 0.3) is 5.69 Å². The molecule has 6 nitrogen and oxygen atoms in total. The molecule has 0 aliphatic heterocycles. The van der Waals surface area contributed by atoms with Crippen molar-refractivity contribution in [1.82, 2.24) is 25.3 Å². The van der Waals surface area contributed by atoms with Gasteiger partial charge in [-0.25, -0.2) is 4.68 Å². The molecule has 1 aromatic heterocycles. The Hall–Kier alpha value is -2.55. The summed E-state index contributed by atoms with van der Waals surface area (Å²) in [6.07, 6.45) is -0.603. The zero-order chi connectivity index (χ0) is 19.9. The molecule has 148 valence electrons. The third kappa shape index (κ3) is 6.93. The highest BCUT2D eigenvalue weighted by Crippen LogP contribution is 2.17. The number of nitrogens with one attached hydrogen (secondary N) is 2. The quantitative estimate of drug-likeness (QED) is 0.571. The first-order valence-electron chi connectivity index (χ1n) is 8.61. The van der Waals surface area contributed by atoms with E-state index < -0.39 is 12.7 Å². The molecular formula is C18H25F3N6. The number of aliphatic imine (C=N–C) groups is 1. The van der Waals surface area contributed by atoms with E-state index in [0.29, 0.717) is 12.5 Å². The second-order valence-corrected chi connectivity index (χ2v) is 6.26. The van der Waals surface area contributed by atoms with E-state index in [9.17, 15) is 13.2 Å². The van der Waals surface area contributed by atoms with E-state index in [0.717, 1.165) is 11.3 Å². The monoisotopic (exact) mass is 382 g/mol. The zero-order valence-corrected chi connectivity index (χ0v) is 15.7. The fourth-order valence-corrected chi connectivity index (χ4v) is 2.59. The van der Waals surface area contributed by atoms with E-state index in [2.05, 4.69) is 20.7 Å². The fourth-order valence-electron chi connectivity index (χ4n) is 2.59. The largest absolute Gasteiger partial charge is 0.401 e.